The average molecular weight is 427 g/mol. The van der Waals surface area contributed by atoms with Crippen molar-refractivity contribution in [3.05, 3.63) is 59.4 Å². The molecule has 0 fully saturated rings. The summed E-state index contributed by atoms with van der Waals surface area (Å²) in [6.07, 6.45) is 7.47. The molecule has 2 rings (SSSR count). The molecule has 0 spiro atoms. The highest BCUT2D eigenvalue weighted by Crippen LogP contribution is 2.29. The van der Waals surface area contributed by atoms with Gasteiger partial charge in [0.25, 0.3) is 5.91 Å². The van der Waals surface area contributed by atoms with Gasteiger partial charge >= 0.3 is 0 Å². The quantitative estimate of drug-likeness (QED) is 0.249. The second-order valence-corrected chi connectivity index (χ2v) is 7.99. The molecule has 30 heavy (non-hydrogen) atoms. The van der Waals surface area contributed by atoms with Crippen molar-refractivity contribution in [2.75, 3.05) is 5.32 Å². The summed E-state index contributed by atoms with van der Waals surface area (Å²) in [4.78, 5) is 21.6. The molecule has 0 bridgehead atoms. The van der Waals surface area contributed by atoms with Crippen molar-refractivity contribution in [2.24, 2.45) is 10.4 Å². The van der Waals surface area contributed by atoms with Gasteiger partial charge in [0.15, 0.2) is 6.19 Å². The van der Waals surface area contributed by atoms with Crippen LogP contribution in [0.25, 0.3) is 0 Å². The summed E-state index contributed by atoms with van der Waals surface area (Å²) in [5.74, 6) is -0.0286. The van der Waals surface area contributed by atoms with Crippen LogP contribution in [0.2, 0.25) is 5.02 Å². The zero-order valence-electron chi connectivity index (χ0n) is 17.4. The smallest absolute Gasteiger partial charge is 0.252 e. The number of anilines is 1. The Hall–Kier alpha value is -3.11. The first kappa shape index (κ1) is 23.2. The number of carbonyl (C=O) groups excluding carboxylic acids is 1. The minimum Gasteiger partial charge on any atom is -0.330 e. The number of nitriles is 1. The fourth-order valence-corrected chi connectivity index (χ4v) is 2.96. The predicted octanol–water partition coefficient (Wildman–Crippen LogP) is 4.55. The monoisotopic (exact) mass is 426 g/mol. The fraction of sp³-hybridized carbons (Fsp3) is 0.364. The van der Waals surface area contributed by atoms with Crippen LogP contribution < -0.4 is 16.0 Å². The third kappa shape index (κ3) is 7.05. The Morgan fingerprint density at radius 2 is 2.03 bits per heavy atom. The van der Waals surface area contributed by atoms with Gasteiger partial charge in [-0.3, -0.25) is 15.1 Å². The molecule has 7 nitrogen and oxygen atoms in total. The van der Waals surface area contributed by atoms with E-state index in [2.05, 4.69) is 32.9 Å². The number of rotatable bonds is 8. The van der Waals surface area contributed by atoms with Gasteiger partial charge in [0, 0.05) is 22.2 Å². The third-order valence-corrected chi connectivity index (χ3v) is 4.90. The van der Waals surface area contributed by atoms with Crippen molar-refractivity contribution in [1.29, 1.82) is 5.26 Å². The lowest BCUT2D eigenvalue weighted by Gasteiger charge is -2.32. The number of hydrogen-bond acceptors (Lipinski definition) is 4. The molecule has 0 saturated heterocycles. The standard InChI is InChI=1S/C22H27ClN6O/c1-4-5-12-22(2,3)20(28-19(30)16-8-10-17(23)11-9-16)29-21(26-15-24)27-18-7-6-13-25-14-18/h6-11,13-14,20H,4-5,12H2,1-3H3,(H,28,30)(H2,26,27,29). The molecule has 0 aliphatic carbocycles. The van der Waals surface area contributed by atoms with E-state index in [-0.39, 0.29) is 17.3 Å². The molecule has 2 aromatic rings. The number of nitrogens with one attached hydrogen (secondary N) is 3. The van der Waals surface area contributed by atoms with Crippen LogP contribution in [0, 0.1) is 16.9 Å². The van der Waals surface area contributed by atoms with Gasteiger partial charge in [-0.25, -0.2) is 4.99 Å². The van der Waals surface area contributed by atoms with Crippen LogP contribution in [-0.4, -0.2) is 23.0 Å². The number of nitrogens with zero attached hydrogens (tertiary/aromatic N) is 3. The van der Waals surface area contributed by atoms with E-state index in [0.29, 0.717) is 16.3 Å². The van der Waals surface area contributed by atoms with Crippen LogP contribution in [0.5, 0.6) is 0 Å². The highest BCUT2D eigenvalue weighted by atomic mass is 35.5. The molecule has 1 unspecified atom stereocenters. The van der Waals surface area contributed by atoms with E-state index in [1.807, 2.05) is 26.1 Å². The molecule has 8 heteroatoms. The summed E-state index contributed by atoms with van der Waals surface area (Å²) >= 11 is 5.93. The first-order chi connectivity index (χ1) is 14.4. The van der Waals surface area contributed by atoms with Gasteiger partial charge < -0.3 is 10.6 Å². The number of carbonyl (C=O) groups is 1. The van der Waals surface area contributed by atoms with E-state index < -0.39 is 6.17 Å². The van der Waals surface area contributed by atoms with Gasteiger partial charge in [-0.1, -0.05) is 45.2 Å². The van der Waals surface area contributed by atoms with E-state index in [4.69, 9.17) is 16.9 Å². The Morgan fingerprint density at radius 1 is 1.30 bits per heavy atom. The van der Waals surface area contributed by atoms with Gasteiger partial charge in [0.2, 0.25) is 5.96 Å². The van der Waals surface area contributed by atoms with Gasteiger partial charge in [-0.2, -0.15) is 5.26 Å². The first-order valence-corrected chi connectivity index (χ1v) is 10.2. The zero-order valence-corrected chi connectivity index (χ0v) is 18.2. The van der Waals surface area contributed by atoms with Crippen molar-refractivity contribution in [2.45, 2.75) is 46.2 Å². The molecule has 1 atom stereocenters. The highest BCUT2D eigenvalue weighted by Gasteiger charge is 2.31. The second kappa shape index (κ2) is 11.2. The summed E-state index contributed by atoms with van der Waals surface area (Å²) in [5, 5.41) is 18.3. The molecule has 0 saturated carbocycles. The van der Waals surface area contributed by atoms with E-state index >= 15 is 0 Å². The highest BCUT2D eigenvalue weighted by molar-refractivity contribution is 6.30. The first-order valence-electron chi connectivity index (χ1n) is 9.82. The van der Waals surface area contributed by atoms with Gasteiger partial charge in [0.1, 0.15) is 6.17 Å². The molecule has 0 radical (unpaired) electrons. The SMILES string of the molecule is CCCCC(C)(C)C(N=C(NC#N)Nc1cccnc1)NC(=O)c1ccc(Cl)cc1. The number of amides is 1. The molecule has 1 amide bonds. The molecule has 1 aromatic heterocycles. The number of pyridine rings is 1. The van der Waals surface area contributed by atoms with Gasteiger partial charge in [-0.05, 0) is 42.8 Å². The zero-order chi connectivity index (χ0) is 22.0. The maximum atomic E-state index is 12.8. The van der Waals surface area contributed by atoms with Crippen LogP contribution in [0.15, 0.2) is 53.8 Å². The number of aliphatic imine (C=N–C) groups is 1. The van der Waals surface area contributed by atoms with Gasteiger partial charge in [0.05, 0.1) is 11.9 Å². The van der Waals surface area contributed by atoms with Crippen LogP contribution in [0.1, 0.15) is 50.4 Å². The predicted molar refractivity (Wildman–Crippen MR) is 120 cm³/mol. The number of guanidine groups is 1. The largest absolute Gasteiger partial charge is 0.330 e. The Balaban J connectivity index is 2.32. The maximum Gasteiger partial charge on any atom is 0.252 e. The molecular formula is C22H27ClN6O. The minimum atomic E-state index is -0.577. The summed E-state index contributed by atoms with van der Waals surface area (Å²) in [6.45, 7) is 6.22. The molecule has 1 heterocycles. The molecule has 1 aromatic carbocycles. The lowest BCUT2D eigenvalue weighted by molar-refractivity contribution is 0.0892. The van der Waals surface area contributed by atoms with Crippen molar-refractivity contribution >= 4 is 29.2 Å². The van der Waals surface area contributed by atoms with E-state index in [1.165, 1.54) is 0 Å². The summed E-state index contributed by atoms with van der Waals surface area (Å²) in [5.41, 5.74) is 0.811. The summed E-state index contributed by atoms with van der Waals surface area (Å²) in [7, 11) is 0. The molecule has 3 N–H and O–H groups in total. The van der Waals surface area contributed by atoms with Crippen molar-refractivity contribution in [1.82, 2.24) is 15.6 Å². The molecule has 158 valence electrons. The lowest BCUT2D eigenvalue weighted by Crippen LogP contribution is -2.46. The van der Waals surface area contributed by atoms with Crippen LogP contribution in [-0.2, 0) is 0 Å². The molecule has 0 aliphatic rings. The lowest BCUT2D eigenvalue weighted by atomic mass is 9.84. The van der Waals surface area contributed by atoms with E-state index in [9.17, 15) is 4.79 Å². The average Bonchev–Trinajstić information content (AvgIpc) is 2.73. The van der Waals surface area contributed by atoms with Crippen LogP contribution in [0.4, 0.5) is 5.69 Å². The summed E-state index contributed by atoms with van der Waals surface area (Å²) < 4.78 is 0. The Morgan fingerprint density at radius 3 is 2.63 bits per heavy atom. The number of halogens is 1. The summed E-state index contributed by atoms with van der Waals surface area (Å²) in [6, 6.07) is 10.3. The van der Waals surface area contributed by atoms with Gasteiger partial charge in [-0.15, -0.1) is 0 Å². The normalized spacial score (nSPS) is 12.6. The number of benzene rings is 1. The number of hydrogen-bond donors (Lipinski definition) is 3. The van der Waals surface area contributed by atoms with Crippen molar-refractivity contribution in [3.8, 4) is 6.19 Å². The van der Waals surface area contributed by atoms with Crippen LogP contribution >= 0.6 is 11.6 Å². The van der Waals surface area contributed by atoms with Crippen molar-refractivity contribution < 1.29 is 4.79 Å². The van der Waals surface area contributed by atoms with E-state index in [0.717, 1.165) is 19.3 Å². The Bertz CT molecular complexity index is 890. The Labute approximate surface area is 182 Å². The minimum absolute atomic E-state index is 0.233. The maximum absolute atomic E-state index is 12.8. The van der Waals surface area contributed by atoms with Crippen LogP contribution in [0.3, 0.4) is 0 Å². The third-order valence-electron chi connectivity index (χ3n) is 4.65. The number of unbranched alkanes of at least 4 members (excludes halogenated alkanes) is 1. The fourth-order valence-electron chi connectivity index (χ4n) is 2.83. The Kier molecular flexibility index (Phi) is 8.63. The second-order valence-electron chi connectivity index (χ2n) is 7.56. The molecular weight excluding hydrogens is 400 g/mol. The van der Waals surface area contributed by atoms with Crippen molar-refractivity contribution in [3.63, 3.8) is 0 Å². The topological polar surface area (TPSA) is 102 Å². The number of aromatic nitrogens is 1. The molecule has 0 aliphatic heterocycles. The van der Waals surface area contributed by atoms with E-state index in [1.54, 1.807) is 42.7 Å².